The minimum atomic E-state index is -0.846. The molecule has 134 valence electrons. The van der Waals surface area contributed by atoms with E-state index in [0.717, 1.165) is 23.9 Å². The maximum absolute atomic E-state index is 13.7. The van der Waals surface area contributed by atoms with Crippen LogP contribution in [-0.2, 0) is 4.79 Å². The van der Waals surface area contributed by atoms with E-state index in [1.54, 1.807) is 6.92 Å². The van der Waals surface area contributed by atoms with Crippen LogP contribution in [0.2, 0.25) is 0 Å². The van der Waals surface area contributed by atoms with E-state index in [-0.39, 0.29) is 11.5 Å². The summed E-state index contributed by atoms with van der Waals surface area (Å²) in [6.07, 6.45) is 0.391. The maximum Gasteiger partial charge on any atom is 0.251 e. The number of halogens is 2. The predicted octanol–water partition coefficient (Wildman–Crippen LogP) is 3.68. The summed E-state index contributed by atoms with van der Waals surface area (Å²) in [5, 5.41) is 1.91. The minimum absolute atomic E-state index is 0.0584. The Morgan fingerprint density at radius 2 is 1.96 bits per heavy atom. The number of nitrogens with one attached hydrogen (secondary N) is 2. The van der Waals surface area contributed by atoms with Gasteiger partial charge in [-0.3, -0.25) is 9.59 Å². The molecule has 1 aromatic heterocycles. The van der Waals surface area contributed by atoms with Crippen molar-refractivity contribution in [3.63, 3.8) is 0 Å². The van der Waals surface area contributed by atoms with Gasteiger partial charge in [-0.1, -0.05) is 38.6 Å². The molecule has 0 spiro atoms. The number of carbonyl (C=O) groups excluding carboxylic acids is 1. The average Bonchev–Trinajstić information content (AvgIpc) is 2.55. The molecule has 1 amide bonds. The standard InChI is InChI=1S/C17H19F2N3O2S/c1-4-13(16(24)22-15-10(18)6-5-7-11(15)19)25-17-20-12(9(2)3)8-14(23)21-17/h5-9,13H,4H2,1-3H3,(H,22,24)(H,20,21,23). The second-order valence-corrected chi connectivity index (χ2v) is 6.92. The summed E-state index contributed by atoms with van der Waals surface area (Å²) in [5.74, 6) is -2.19. The summed E-state index contributed by atoms with van der Waals surface area (Å²) in [4.78, 5) is 31.0. The predicted molar refractivity (Wildman–Crippen MR) is 93.9 cm³/mol. The Labute approximate surface area is 148 Å². The molecule has 2 rings (SSSR count). The topological polar surface area (TPSA) is 74.8 Å². The first kappa shape index (κ1) is 19.1. The number of aromatic nitrogens is 2. The number of anilines is 1. The second-order valence-electron chi connectivity index (χ2n) is 5.73. The Hall–Kier alpha value is -2.22. The van der Waals surface area contributed by atoms with Crippen LogP contribution in [0.15, 0.2) is 34.2 Å². The van der Waals surface area contributed by atoms with Gasteiger partial charge in [0.15, 0.2) is 5.16 Å². The second kappa shape index (κ2) is 8.24. The van der Waals surface area contributed by atoms with Gasteiger partial charge in [-0.05, 0) is 24.5 Å². The zero-order valence-corrected chi connectivity index (χ0v) is 14.9. The third kappa shape index (κ3) is 4.88. The van der Waals surface area contributed by atoms with E-state index in [0.29, 0.717) is 17.3 Å². The van der Waals surface area contributed by atoms with Gasteiger partial charge in [0.1, 0.15) is 17.3 Å². The van der Waals surface area contributed by atoms with Crippen molar-refractivity contribution in [1.29, 1.82) is 0 Å². The molecule has 0 radical (unpaired) electrons. The molecular weight excluding hydrogens is 348 g/mol. The lowest BCUT2D eigenvalue weighted by molar-refractivity contribution is -0.115. The monoisotopic (exact) mass is 367 g/mol. The van der Waals surface area contributed by atoms with Crippen LogP contribution in [0, 0.1) is 11.6 Å². The molecule has 0 aliphatic carbocycles. The number of aromatic amines is 1. The highest BCUT2D eigenvalue weighted by atomic mass is 32.2. The summed E-state index contributed by atoms with van der Waals surface area (Å²) >= 11 is 1.05. The molecule has 2 N–H and O–H groups in total. The molecule has 8 heteroatoms. The highest BCUT2D eigenvalue weighted by molar-refractivity contribution is 8.00. The van der Waals surface area contributed by atoms with Crippen LogP contribution >= 0.6 is 11.8 Å². The smallest absolute Gasteiger partial charge is 0.251 e. The highest BCUT2D eigenvalue weighted by Crippen LogP contribution is 2.25. The summed E-state index contributed by atoms with van der Waals surface area (Å²) < 4.78 is 27.4. The molecule has 1 atom stereocenters. The summed E-state index contributed by atoms with van der Waals surface area (Å²) in [7, 11) is 0. The van der Waals surface area contributed by atoms with Gasteiger partial charge in [-0.15, -0.1) is 0 Å². The largest absolute Gasteiger partial charge is 0.320 e. The van der Waals surface area contributed by atoms with Crippen molar-refractivity contribution >= 4 is 23.4 Å². The summed E-state index contributed by atoms with van der Waals surface area (Å²) in [5.41, 5.74) is -0.179. The van der Waals surface area contributed by atoms with Crippen LogP contribution in [0.1, 0.15) is 38.8 Å². The molecule has 1 aromatic carbocycles. The lowest BCUT2D eigenvalue weighted by Gasteiger charge is -2.15. The quantitative estimate of drug-likeness (QED) is 0.603. The highest BCUT2D eigenvalue weighted by Gasteiger charge is 2.22. The fourth-order valence-corrected chi connectivity index (χ4v) is 3.00. The van der Waals surface area contributed by atoms with Crippen LogP contribution in [-0.4, -0.2) is 21.1 Å². The fraction of sp³-hybridized carbons (Fsp3) is 0.353. The summed E-state index contributed by atoms with van der Waals surface area (Å²) in [6, 6.07) is 4.76. The SMILES string of the molecule is CCC(Sc1nc(C(C)C)cc(=O)[nH]1)C(=O)Nc1c(F)cccc1F. The van der Waals surface area contributed by atoms with E-state index in [9.17, 15) is 18.4 Å². The van der Waals surface area contributed by atoms with Crippen LogP contribution < -0.4 is 10.9 Å². The maximum atomic E-state index is 13.7. The Bertz CT molecular complexity index is 804. The molecule has 0 saturated heterocycles. The lowest BCUT2D eigenvalue weighted by Crippen LogP contribution is -2.26. The van der Waals surface area contributed by atoms with Crippen LogP contribution in [0.25, 0.3) is 0 Å². The Balaban J connectivity index is 2.20. The Kier molecular flexibility index (Phi) is 6.30. The number of H-pyrrole nitrogens is 1. The minimum Gasteiger partial charge on any atom is -0.320 e. The van der Waals surface area contributed by atoms with Crippen molar-refractivity contribution < 1.29 is 13.6 Å². The van der Waals surface area contributed by atoms with E-state index in [4.69, 9.17) is 0 Å². The van der Waals surface area contributed by atoms with Crippen molar-refractivity contribution in [3.05, 3.63) is 51.9 Å². The van der Waals surface area contributed by atoms with Crippen LogP contribution in [0.3, 0.4) is 0 Å². The number of hydrogen-bond acceptors (Lipinski definition) is 4. The number of amides is 1. The van der Waals surface area contributed by atoms with E-state index in [1.807, 2.05) is 13.8 Å². The molecule has 0 bridgehead atoms. The van der Waals surface area contributed by atoms with Gasteiger partial charge in [-0.2, -0.15) is 0 Å². The van der Waals surface area contributed by atoms with Gasteiger partial charge in [0.25, 0.3) is 5.56 Å². The zero-order chi connectivity index (χ0) is 18.6. The third-order valence-electron chi connectivity index (χ3n) is 3.46. The third-order valence-corrected chi connectivity index (χ3v) is 4.71. The van der Waals surface area contributed by atoms with Gasteiger partial charge in [-0.25, -0.2) is 13.8 Å². The number of benzene rings is 1. The average molecular weight is 367 g/mol. The molecule has 2 aromatic rings. The molecule has 0 fully saturated rings. The van der Waals surface area contributed by atoms with Gasteiger partial charge in [0, 0.05) is 6.07 Å². The molecule has 1 heterocycles. The van der Waals surface area contributed by atoms with Crippen molar-refractivity contribution in [2.45, 2.75) is 43.5 Å². The zero-order valence-electron chi connectivity index (χ0n) is 14.1. The van der Waals surface area contributed by atoms with E-state index < -0.39 is 28.5 Å². The van der Waals surface area contributed by atoms with Crippen LogP contribution in [0.5, 0.6) is 0 Å². The van der Waals surface area contributed by atoms with Crippen molar-refractivity contribution in [3.8, 4) is 0 Å². The van der Waals surface area contributed by atoms with E-state index >= 15 is 0 Å². The van der Waals surface area contributed by atoms with Gasteiger partial charge < -0.3 is 10.3 Å². The van der Waals surface area contributed by atoms with Crippen molar-refractivity contribution in [1.82, 2.24) is 9.97 Å². The summed E-state index contributed by atoms with van der Waals surface area (Å²) in [6.45, 7) is 5.57. The Morgan fingerprint density at radius 1 is 1.32 bits per heavy atom. The fourth-order valence-electron chi connectivity index (χ4n) is 2.08. The number of rotatable bonds is 6. The van der Waals surface area contributed by atoms with Crippen molar-refractivity contribution in [2.24, 2.45) is 0 Å². The first-order valence-corrected chi connectivity index (χ1v) is 8.72. The molecule has 0 aliphatic rings. The number of thioether (sulfide) groups is 1. The number of carbonyl (C=O) groups is 1. The molecule has 0 saturated carbocycles. The number of nitrogens with zero attached hydrogens (tertiary/aromatic N) is 1. The first-order chi connectivity index (χ1) is 11.8. The molecular formula is C17H19F2N3O2S. The lowest BCUT2D eigenvalue weighted by atomic mass is 10.1. The van der Waals surface area contributed by atoms with Crippen molar-refractivity contribution in [2.75, 3.05) is 5.32 Å². The van der Waals surface area contributed by atoms with Gasteiger partial charge in [0.2, 0.25) is 5.91 Å². The van der Waals surface area contributed by atoms with Gasteiger partial charge in [0.05, 0.1) is 10.9 Å². The van der Waals surface area contributed by atoms with E-state index in [2.05, 4.69) is 15.3 Å². The molecule has 1 unspecified atom stereocenters. The van der Waals surface area contributed by atoms with Crippen LogP contribution in [0.4, 0.5) is 14.5 Å². The normalized spacial score (nSPS) is 12.2. The number of para-hydroxylation sites is 1. The molecule has 5 nitrogen and oxygen atoms in total. The Morgan fingerprint density at radius 3 is 2.52 bits per heavy atom. The van der Waals surface area contributed by atoms with Gasteiger partial charge >= 0.3 is 0 Å². The number of hydrogen-bond donors (Lipinski definition) is 2. The first-order valence-electron chi connectivity index (χ1n) is 7.84. The molecule has 25 heavy (non-hydrogen) atoms. The van der Waals surface area contributed by atoms with E-state index in [1.165, 1.54) is 12.1 Å². The molecule has 0 aliphatic heterocycles.